The minimum Gasteiger partial charge on any atom is -0.393 e. The Morgan fingerprint density at radius 3 is 1.57 bits per heavy atom. The van der Waals surface area contributed by atoms with Gasteiger partial charge in [-0.25, -0.2) is 4.57 Å². The molecule has 13 nitrogen and oxygen atoms in total. The van der Waals surface area contributed by atoms with E-state index < -0.39 is 75.2 Å². The van der Waals surface area contributed by atoms with Gasteiger partial charge >= 0.3 is 7.82 Å². The van der Waals surface area contributed by atoms with Crippen LogP contribution in [0.15, 0.2) is 36.5 Å². The van der Waals surface area contributed by atoms with Crippen LogP contribution in [0.1, 0.15) is 162 Å². The van der Waals surface area contributed by atoms with Gasteiger partial charge in [0.2, 0.25) is 5.91 Å². The summed E-state index contributed by atoms with van der Waals surface area (Å²) in [5.41, 5.74) is 0. The van der Waals surface area contributed by atoms with Crippen molar-refractivity contribution in [3.8, 4) is 0 Å². The second kappa shape index (κ2) is 32.4. The maximum absolute atomic E-state index is 12.9. The summed E-state index contributed by atoms with van der Waals surface area (Å²) in [7, 11) is -5.14. The molecule has 0 radical (unpaired) electrons. The van der Waals surface area contributed by atoms with Gasteiger partial charge in [-0.1, -0.05) is 147 Å². The van der Waals surface area contributed by atoms with Crippen LogP contribution in [0.2, 0.25) is 0 Å². The maximum Gasteiger partial charge on any atom is 0.472 e. The van der Waals surface area contributed by atoms with Crippen molar-refractivity contribution in [3.05, 3.63) is 36.5 Å². The molecule has 0 aromatic carbocycles. The van der Waals surface area contributed by atoms with E-state index in [9.17, 15) is 50.0 Å². The number of hydrogen-bond donors (Lipinski definition) is 9. The normalized spacial score (nSPS) is 24.5. The number of carbonyl (C=O) groups excluding carboxylic acids is 1. The number of hydrogen-bond acceptors (Lipinski definition) is 11. The summed E-state index contributed by atoms with van der Waals surface area (Å²) in [5.74, 6) is -0.612. The molecule has 8 unspecified atom stereocenters. The van der Waals surface area contributed by atoms with Crippen molar-refractivity contribution in [3.63, 3.8) is 0 Å². The van der Waals surface area contributed by atoms with Gasteiger partial charge in [-0.15, -0.1) is 0 Å². The lowest BCUT2D eigenvalue weighted by Crippen LogP contribution is -2.64. The Labute approximate surface area is 336 Å². The van der Waals surface area contributed by atoms with Gasteiger partial charge in [0.05, 0.1) is 31.3 Å². The van der Waals surface area contributed by atoms with E-state index in [1.807, 2.05) is 0 Å². The zero-order valence-electron chi connectivity index (χ0n) is 34.3. The second-order valence-corrected chi connectivity index (χ2v) is 16.8. The number of aliphatic hydroxyl groups excluding tert-OH is 7. The lowest BCUT2D eigenvalue weighted by atomic mass is 9.85. The van der Waals surface area contributed by atoms with E-state index in [1.54, 1.807) is 6.08 Å². The largest absolute Gasteiger partial charge is 0.472 e. The fourth-order valence-electron chi connectivity index (χ4n) is 6.62. The molecule has 8 atom stereocenters. The lowest BCUT2D eigenvalue weighted by Gasteiger charge is -2.41. The third-order valence-electron chi connectivity index (χ3n) is 10.2. The van der Waals surface area contributed by atoms with Gasteiger partial charge in [-0.05, 0) is 44.9 Å². The quantitative estimate of drug-likeness (QED) is 0.0201. The third kappa shape index (κ3) is 24.4. The molecular weight excluding hydrogens is 741 g/mol. The van der Waals surface area contributed by atoms with Crippen LogP contribution in [0.25, 0.3) is 0 Å². The first kappa shape index (κ1) is 52.5. The van der Waals surface area contributed by atoms with E-state index >= 15 is 0 Å². The van der Waals surface area contributed by atoms with Gasteiger partial charge in [0.15, 0.2) is 0 Å². The predicted octanol–water partition coefficient (Wildman–Crippen LogP) is 6.19. The summed E-state index contributed by atoms with van der Waals surface area (Å²) < 4.78 is 22.7. The molecule has 1 saturated carbocycles. The van der Waals surface area contributed by atoms with E-state index in [1.165, 1.54) is 76.7 Å². The number of phosphoric acid groups is 1. The highest BCUT2D eigenvalue weighted by Crippen LogP contribution is 2.47. The predicted molar refractivity (Wildman–Crippen MR) is 220 cm³/mol. The molecule has 1 aliphatic carbocycles. The first-order valence-corrected chi connectivity index (χ1v) is 23.0. The van der Waals surface area contributed by atoms with E-state index in [-0.39, 0.29) is 6.42 Å². The van der Waals surface area contributed by atoms with Crippen molar-refractivity contribution in [1.29, 1.82) is 0 Å². The van der Waals surface area contributed by atoms with Gasteiger partial charge in [-0.3, -0.25) is 13.8 Å². The molecule has 1 aliphatic rings. The van der Waals surface area contributed by atoms with Crippen LogP contribution in [-0.2, 0) is 18.4 Å². The van der Waals surface area contributed by atoms with E-state index in [2.05, 4.69) is 43.5 Å². The molecule has 1 amide bonds. The number of carbonyl (C=O) groups is 1. The molecule has 9 N–H and O–H groups in total. The maximum atomic E-state index is 12.9. The van der Waals surface area contributed by atoms with Crippen LogP contribution >= 0.6 is 7.82 Å². The fourth-order valence-corrected chi connectivity index (χ4v) is 7.59. The second-order valence-electron chi connectivity index (χ2n) is 15.4. The number of unbranched alkanes of at least 4 members (excludes halogenated alkanes) is 17. The van der Waals surface area contributed by atoms with Crippen LogP contribution in [0.3, 0.4) is 0 Å². The fraction of sp³-hybridized carbons (Fsp3) is 0.833. The van der Waals surface area contributed by atoms with Crippen LogP contribution in [-0.4, -0.2) is 108 Å². The molecule has 0 bridgehead atoms. The number of nitrogens with one attached hydrogen (secondary N) is 1. The summed E-state index contributed by atoms with van der Waals surface area (Å²) in [4.78, 5) is 23.3. The number of amides is 1. The number of aliphatic hydroxyl groups is 7. The first-order chi connectivity index (χ1) is 26.8. The van der Waals surface area contributed by atoms with E-state index in [0.29, 0.717) is 19.3 Å². The molecule has 1 fully saturated rings. The Bertz CT molecular complexity index is 1110. The molecule has 0 heterocycles. The Morgan fingerprint density at radius 2 is 1.05 bits per heavy atom. The molecule has 56 heavy (non-hydrogen) atoms. The van der Waals surface area contributed by atoms with Crippen molar-refractivity contribution < 1.29 is 59.0 Å². The molecule has 1 rings (SSSR count). The van der Waals surface area contributed by atoms with Crippen LogP contribution < -0.4 is 5.32 Å². The van der Waals surface area contributed by atoms with E-state index in [0.717, 1.165) is 51.4 Å². The monoisotopic (exact) mass is 820 g/mol. The van der Waals surface area contributed by atoms with Gasteiger partial charge in [0.25, 0.3) is 0 Å². The molecule has 14 heteroatoms. The van der Waals surface area contributed by atoms with Gasteiger partial charge in [0.1, 0.15) is 36.6 Å². The van der Waals surface area contributed by atoms with Crippen LogP contribution in [0, 0.1) is 0 Å². The highest BCUT2D eigenvalue weighted by Gasteiger charge is 2.51. The molecule has 0 aromatic heterocycles. The summed E-state index contributed by atoms with van der Waals surface area (Å²) in [6, 6.07) is -1.26. The SMILES string of the molecule is CCCCCCCCCCC/C=C/CC/C=C/CC/C=C/C(O)C(COP(=O)(O)OC1C(O)C(O)C(O)C(O)C1O)NC(=O)CC(O)CCCCCCCCC. The lowest BCUT2D eigenvalue weighted by molar-refractivity contribution is -0.220. The van der Waals surface area contributed by atoms with Crippen LogP contribution in [0.5, 0.6) is 0 Å². The Kier molecular flexibility index (Phi) is 30.4. The Morgan fingerprint density at radius 1 is 0.625 bits per heavy atom. The zero-order valence-corrected chi connectivity index (χ0v) is 35.2. The average molecular weight is 820 g/mol. The highest BCUT2D eigenvalue weighted by molar-refractivity contribution is 7.47. The van der Waals surface area contributed by atoms with Crippen molar-refractivity contribution in [1.82, 2.24) is 5.32 Å². The summed E-state index contributed by atoms with van der Waals surface area (Å²) in [5, 5.41) is 74.0. The molecule has 0 aliphatic heterocycles. The summed E-state index contributed by atoms with van der Waals surface area (Å²) in [6.07, 6.45) is 21.3. The highest BCUT2D eigenvalue weighted by atomic mass is 31.2. The topological polar surface area (TPSA) is 226 Å². The molecule has 0 spiro atoms. The summed E-state index contributed by atoms with van der Waals surface area (Å²) >= 11 is 0. The van der Waals surface area contributed by atoms with Crippen molar-refractivity contribution >= 4 is 13.7 Å². The Balaban J connectivity index is 2.61. The minimum atomic E-state index is -5.14. The first-order valence-electron chi connectivity index (χ1n) is 21.5. The van der Waals surface area contributed by atoms with Crippen molar-refractivity contribution in [2.24, 2.45) is 0 Å². The third-order valence-corrected chi connectivity index (χ3v) is 11.2. The average Bonchev–Trinajstić information content (AvgIpc) is 3.17. The summed E-state index contributed by atoms with van der Waals surface area (Å²) in [6.45, 7) is 3.65. The van der Waals surface area contributed by atoms with Crippen molar-refractivity contribution in [2.45, 2.75) is 216 Å². The van der Waals surface area contributed by atoms with Gasteiger partial charge in [-0.2, -0.15) is 0 Å². The minimum absolute atomic E-state index is 0.256. The smallest absolute Gasteiger partial charge is 0.393 e. The zero-order chi connectivity index (χ0) is 41.6. The van der Waals surface area contributed by atoms with Crippen molar-refractivity contribution in [2.75, 3.05) is 6.61 Å². The molecule has 0 aromatic rings. The van der Waals surface area contributed by atoms with Gasteiger partial charge < -0.3 is 46.0 Å². The number of phosphoric ester groups is 1. The number of allylic oxidation sites excluding steroid dienone is 5. The number of rotatable bonds is 34. The van der Waals surface area contributed by atoms with Gasteiger partial charge in [0, 0.05) is 0 Å². The molecular formula is C42H78NO12P. The standard InChI is InChI=1S/C42H78NO12P/c1-3-5-7-9-11-12-13-14-15-16-17-18-19-20-21-22-24-26-28-30-35(45)34(43-36(46)31-33(44)29-27-25-23-10-8-6-4-2)32-54-56(52,53)55-42-40(50)38(48)37(47)39(49)41(42)51/h17-18,21-22,28,30,33-35,37-42,44-45,47-51H,3-16,19-20,23-27,29,31-32H2,1-2H3,(H,43,46)(H,52,53)/b18-17+,22-21+,30-28+. The van der Waals surface area contributed by atoms with E-state index in [4.69, 9.17) is 9.05 Å². The van der Waals surface area contributed by atoms with Crippen LogP contribution in [0.4, 0.5) is 0 Å². The Hall–Kier alpha value is -1.48. The molecule has 0 saturated heterocycles. The molecule has 328 valence electrons.